The van der Waals surface area contributed by atoms with Crippen molar-refractivity contribution in [2.75, 3.05) is 30.9 Å². The van der Waals surface area contributed by atoms with Gasteiger partial charge in [0, 0.05) is 24.8 Å². The van der Waals surface area contributed by atoms with Gasteiger partial charge in [0.2, 0.25) is 0 Å². The summed E-state index contributed by atoms with van der Waals surface area (Å²) in [7, 11) is 1.51. The number of rotatable bonds is 15. The molecule has 0 aliphatic carbocycles. The molecule has 3 aromatic rings. The second kappa shape index (κ2) is 16.5. The fraction of sp³-hybridized carbons (Fsp3) is 0.421. The Morgan fingerprint density at radius 1 is 0.918 bits per heavy atom. The molecule has 49 heavy (non-hydrogen) atoms. The zero-order chi connectivity index (χ0) is 35.7. The molecule has 11 nitrogen and oxygen atoms in total. The average Bonchev–Trinajstić information content (AvgIpc) is 3.23. The van der Waals surface area contributed by atoms with E-state index in [1.807, 2.05) is 61.5 Å². The molecule has 1 aliphatic heterocycles. The van der Waals surface area contributed by atoms with Gasteiger partial charge in [0.25, 0.3) is 5.91 Å². The summed E-state index contributed by atoms with van der Waals surface area (Å²) in [5.74, 6) is -0.00388. The van der Waals surface area contributed by atoms with E-state index in [0.29, 0.717) is 30.1 Å². The van der Waals surface area contributed by atoms with Crippen LogP contribution in [0.2, 0.25) is 0 Å². The quantitative estimate of drug-likeness (QED) is 0.119. The van der Waals surface area contributed by atoms with Crippen LogP contribution in [-0.4, -0.2) is 65.6 Å². The number of imide groups is 1. The smallest absolute Gasteiger partial charge is 0.328 e. The Labute approximate surface area is 289 Å². The number of amides is 5. The van der Waals surface area contributed by atoms with E-state index in [2.05, 4.69) is 29.8 Å². The van der Waals surface area contributed by atoms with Crippen molar-refractivity contribution in [1.29, 1.82) is 0 Å². The van der Waals surface area contributed by atoms with Crippen molar-refractivity contribution >= 4 is 35.3 Å². The number of hydrogen-bond donors (Lipinski definition) is 3. The van der Waals surface area contributed by atoms with Gasteiger partial charge in [-0.1, -0.05) is 68.4 Å². The van der Waals surface area contributed by atoms with Crippen molar-refractivity contribution < 1.29 is 28.7 Å². The van der Waals surface area contributed by atoms with Crippen LogP contribution in [0.5, 0.6) is 5.75 Å². The van der Waals surface area contributed by atoms with Crippen molar-refractivity contribution in [3.8, 4) is 5.75 Å². The molecule has 5 amide bonds. The monoisotopic (exact) mass is 671 g/mol. The molecule has 262 valence electrons. The molecule has 2 atom stereocenters. The molecular formula is C38H49N5O6. The summed E-state index contributed by atoms with van der Waals surface area (Å²) in [6.45, 7) is 12.0. The first-order valence-corrected chi connectivity index (χ1v) is 16.7. The third-order valence-electron chi connectivity index (χ3n) is 8.69. The standard InChI is InChI=1S/C38H49N5O6/c1-8-49-34(44)22-32(28-15-10-9-11-16-28)39-23-29(20-25(2)3)43-35(45)38(5,6)42(37(43)47)24-27-18-19-31(33(21-27)48-7)41-36(46)40-30-17-13-12-14-26(30)4/h9-19,21,25,29,32,39H,8,20,22-24H2,1-7H3,(H2,40,41,46)/t29?,32-/m0/s1. The van der Waals surface area contributed by atoms with Gasteiger partial charge in [-0.3, -0.25) is 14.5 Å². The summed E-state index contributed by atoms with van der Waals surface area (Å²) in [5, 5.41) is 9.15. The van der Waals surface area contributed by atoms with Crippen LogP contribution in [-0.2, 0) is 20.9 Å². The van der Waals surface area contributed by atoms with Crippen LogP contribution in [0.4, 0.5) is 21.0 Å². The highest BCUT2D eigenvalue weighted by molar-refractivity contribution is 6.07. The Balaban J connectivity index is 1.52. The summed E-state index contributed by atoms with van der Waals surface area (Å²) >= 11 is 0. The van der Waals surface area contributed by atoms with Gasteiger partial charge in [-0.2, -0.15) is 0 Å². The SMILES string of the molecule is CCOC(=O)C[C@H](NCC(CC(C)C)N1C(=O)N(Cc2ccc(NC(=O)Nc3ccccc3C)c(OC)c2)C(C)(C)C1=O)c1ccccc1. The zero-order valence-corrected chi connectivity index (χ0v) is 29.5. The Hall–Kier alpha value is -4.90. The maximum atomic E-state index is 14.1. The molecule has 1 fully saturated rings. The number of carbonyl (C=O) groups excluding carboxylic acids is 4. The number of nitrogens with one attached hydrogen (secondary N) is 3. The lowest BCUT2D eigenvalue weighted by atomic mass is 9.98. The molecule has 11 heteroatoms. The lowest BCUT2D eigenvalue weighted by molar-refractivity contribution is -0.144. The molecule has 0 aromatic heterocycles. The number of urea groups is 2. The molecule has 3 N–H and O–H groups in total. The lowest BCUT2D eigenvalue weighted by Crippen LogP contribution is -2.48. The molecule has 0 bridgehead atoms. The molecule has 3 aromatic carbocycles. The lowest BCUT2D eigenvalue weighted by Gasteiger charge is -2.30. The summed E-state index contributed by atoms with van der Waals surface area (Å²) in [6.07, 6.45) is 0.695. The van der Waals surface area contributed by atoms with Crippen molar-refractivity contribution in [2.24, 2.45) is 5.92 Å². The predicted octanol–water partition coefficient (Wildman–Crippen LogP) is 6.89. The van der Waals surface area contributed by atoms with Crippen LogP contribution in [0.3, 0.4) is 0 Å². The van der Waals surface area contributed by atoms with Gasteiger partial charge < -0.3 is 30.3 Å². The molecule has 1 unspecified atom stereocenters. The summed E-state index contributed by atoms with van der Waals surface area (Å²) in [4.78, 5) is 56.3. The minimum absolute atomic E-state index is 0.117. The minimum atomic E-state index is -1.12. The van der Waals surface area contributed by atoms with Crippen molar-refractivity contribution in [2.45, 2.75) is 78.6 Å². The number of aryl methyl sites for hydroxylation is 1. The molecule has 1 aliphatic rings. The van der Waals surface area contributed by atoms with Crippen LogP contribution in [0.1, 0.15) is 70.2 Å². The van der Waals surface area contributed by atoms with Gasteiger partial charge in [0.1, 0.15) is 11.3 Å². The molecular weight excluding hydrogens is 622 g/mol. The fourth-order valence-corrected chi connectivity index (χ4v) is 6.04. The Kier molecular flexibility index (Phi) is 12.4. The topological polar surface area (TPSA) is 129 Å². The van der Waals surface area contributed by atoms with E-state index in [0.717, 1.165) is 16.7 Å². The predicted molar refractivity (Wildman–Crippen MR) is 190 cm³/mol. The van der Waals surface area contributed by atoms with Crippen LogP contribution < -0.4 is 20.7 Å². The molecule has 1 heterocycles. The third-order valence-corrected chi connectivity index (χ3v) is 8.69. The summed E-state index contributed by atoms with van der Waals surface area (Å²) < 4.78 is 10.8. The van der Waals surface area contributed by atoms with Gasteiger partial charge in [0.15, 0.2) is 0 Å². The number of hydrogen-bond acceptors (Lipinski definition) is 7. The number of carbonyl (C=O) groups is 4. The van der Waals surface area contributed by atoms with E-state index in [9.17, 15) is 19.2 Å². The Morgan fingerprint density at radius 3 is 2.24 bits per heavy atom. The van der Waals surface area contributed by atoms with Gasteiger partial charge >= 0.3 is 18.0 Å². The minimum Gasteiger partial charge on any atom is -0.495 e. The highest BCUT2D eigenvalue weighted by Gasteiger charge is 2.53. The van der Waals surface area contributed by atoms with E-state index in [1.54, 1.807) is 43.9 Å². The van der Waals surface area contributed by atoms with Gasteiger partial charge in [-0.15, -0.1) is 0 Å². The molecule has 0 saturated carbocycles. The van der Waals surface area contributed by atoms with Crippen molar-refractivity contribution in [3.05, 3.63) is 89.5 Å². The van der Waals surface area contributed by atoms with E-state index < -0.39 is 17.6 Å². The van der Waals surface area contributed by atoms with Crippen LogP contribution in [0.15, 0.2) is 72.8 Å². The van der Waals surface area contributed by atoms with Gasteiger partial charge in [-0.05, 0) is 74.9 Å². The number of anilines is 2. The first-order valence-electron chi connectivity index (χ1n) is 16.7. The zero-order valence-electron chi connectivity index (χ0n) is 29.5. The second-order valence-electron chi connectivity index (χ2n) is 13.2. The molecule has 4 rings (SSSR count). The normalized spacial score (nSPS) is 15.3. The van der Waals surface area contributed by atoms with Crippen LogP contribution in [0.25, 0.3) is 0 Å². The maximum absolute atomic E-state index is 14.1. The highest BCUT2D eigenvalue weighted by atomic mass is 16.5. The van der Waals surface area contributed by atoms with Crippen LogP contribution >= 0.6 is 0 Å². The third kappa shape index (κ3) is 9.17. The largest absolute Gasteiger partial charge is 0.495 e. The summed E-state index contributed by atoms with van der Waals surface area (Å²) in [5.41, 5.74) is 2.61. The van der Waals surface area contributed by atoms with Gasteiger partial charge in [0.05, 0.1) is 31.9 Å². The molecule has 0 spiro atoms. The Morgan fingerprint density at radius 2 is 1.59 bits per heavy atom. The first-order chi connectivity index (χ1) is 23.3. The number of esters is 1. The van der Waals surface area contributed by atoms with Gasteiger partial charge in [-0.25, -0.2) is 9.59 Å². The van der Waals surface area contributed by atoms with Crippen molar-refractivity contribution in [3.63, 3.8) is 0 Å². The first kappa shape index (κ1) is 36.9. The van der Waals surface area contributed by atoms with E-state index in [1.165, 1.54) is 12.0 Å². The van der Waals surface area contributed by atoms with Crippen LogP contribution in [0, 0.1) is 12.8 Å². The Bertz CT molecular complexity index is 1630. The fourth-order valence-electron chi connectivity index (χ4n) is 6.04. The second-order valence-corrected chi connectivity index (χ2v) is 13.2. The highest BCUT2D eigenvalue weighted by Crippen LogP contribution is 2.34. The van der Waals surface area contributed by atoms with E-state index in [4.69, 9.17) is 9.47 Å². The number of methoxy groups -OCH3 is 1. The average molecular weight is 672 g/mol. The van der Waals surface area contributed by atoms with E-state index >= 15 is 0 Å². The number of nitrogens with zero attached hydrogens (tertiary/aromatic N) is 2. The number of para-hydroxylation sites is 1. The van der Waals surface area contributed by atoms with E-state index in [-0.39, 0.29) is 49.4 Å². The number of ether oxygens (including phenoxy) is 2. The van der Waals surface area contributed by atoms with Crippen molar-refractivity contribution in [1.82, 2.24) is 15.1 Å². The maximum Gasteiger partial charge on any atom is 0.328 e. The summed E-state index contributed by atoms with van der Waals surface area (Å²) in [6, 6.07) is 20.8. The number of benzene rings is 3. The molecule has 0 radical (unpaired) electrons. The molecule has 1 saturated heterocycles.